The minimum Gasteiger partial charge on any atom is -0.369 e. The predicted octanol–water partition coefficient (Wildman–Crippen LogP) is 1.90. The molecule has 2 aromatic rings. The number of nitrogens with one attached hydrogen (secondary N) is 1. The SMILES string of the molecule is CN(C)CCNC(=O)c1csc(CN2CCN(c3ccc(F)cc3)CC2)n1. The normalized spacial score (nSPS) is 15.3. The molecule has 146 valence electrons. The quantitative estimate of drug-likeness (QED) is 0.781. The lowest BCUT2D eigenvalue weighted by molar-refractivity contribution is 0.0946. The lowest BCUT2D eigenvalue weighted by Gasteiger charge is -2.35. The Hall–Kier alpha value is -2.03. The van der Waals surface area contributed by atoms with Crippen molar-refractivity contribution in [2.45, 2.75) is 6.54 Å². The Balaban J connectivity index is 1.46. The molecule has 0 aliphatic carbocycles. The molecule has 8 heteroatoms. The van der Waals surface area contributed by atoms with Crippen LogP contribution in [0.4, 0.5) is 10.1 Å². The molecule has 3 rings (SSSR count). The number of carbonyl (C=O) groups excluding carboxylic acids is 1. The number of amides is 1. The molecule has 1 N–H and O–H groups in total. The molecule has 6 nitrogen and oxygen atoms in total. The summed E-state index contributed by atoms with van der Waals surface area (Å²) in [5, 5.41) is 5.68. The summed E-state index contributed by atoms with van der Waals surface area (Å²) in [5.74, 6) is -0.316. The number of thiazole rings is 1. The highest BCUT2D eigenvalue weighted by Gasteiger charge is 2.19. The summed E-state index contributed by atoms with van der Waals surface area (Å²) >= 11 is 1.53. The third-order valence-electron chi connectivity index (χ3n) is 4.55. The van der Waals surface area contributed by atoms with Gasteiger partial charge in [-0.1, -0.05) is 0 Å². The number of benzene rings is 1. The number of halogens is 1. The molecule has 0 unspecified atom stereocenters. The van der Waals surface area contributed by atoms with Gasteiger partial charge in [-0.25, -0.2) is 9.37 Å². The van der Waals surface area contributed by atoms with Crippen molar-refractivity contribution < 1.29 is 9.18 Å². The summed E-state index contributed by atoms with van der Waals surface area (Å²) in [4.78, 5) is 23.2. The second-order valence-electron chi connectivity index (χ2n) is 6.93. The maximum atomic E-state index is 13.1. The third-order valence-corrected chi connectivity index (χ3v) is 5.39. The van der Waals surface area contributed by atoms with Gasteiger partial charge in [0.25, 0.3) is 5.91 Å². The van der Waals surface area contributed by atoms with Crippen molar-refractivity contribution in [2.24, 2.45) is 0 Å². The van der Waals surface area contributed by atoms with Gasteiger partial charge in [0, 0.05) is 50.3 Å². The summed E-state index contributed by atoms with van der Waals surface area (Å²) in [7, 11) is 3.95. The first-order valence-corrected chi connectivity index (χ1v) is 9.99. The highest BCUT2D eigenvalue weighted by molar-refractivity contribution is 7.09. The van der Waals surface area contributed by atoms with Gasteiger partial charge in [0.1, 0.15) is 16.5 Å². The van der Waals surface area contributed by atoms with Crippen LogP contribution in [0.2, 0.25) is 0 Å². The predicted molar refractivity (Wildman–Crippen MR) is 107 cm³/mol. The Kier molecular flexibility index (Phi) is 6.76. The summed E-state index contributed by atoms with van der Waals surface area (Å²) in [6, 6.07) is 6.66. The van der Waals surface area contributed by atoms with Crippen molar-refractivity contribution in [3.63, 3.8) is 0 Å². The van der Waals surface area contributed by atoms with Crippen LogP contribution in [0.3, 0.4) is 0 Å². The van der Waals surface area contributed by atoms with E-state index >= 15 is 0 Å². The van der Waals surface area contributed by atoms with Crippen molar-refractivity contribution in [1.82, 2.24) is 20.1 Å². The first-order valence-electron chi connectivity index (χ1n) is 9.11. The van der Waals surface area contributed by atoms with Crippen LogP contribution >= 0.6 is 11.3 Å². The van der Waals surface area contributed by atoms with E-state index in [-0.39, 0.29) is 11.7 Å². The van der Waals surface area contributed by atoms with Crippen molar-refractivity contribution in [1.29, 1.82) is 0 Å². The average Bonchev–Trinajstić information content (AvgIpc) is 3.11. The van der Waals surface area contributed by atoms with Crippen LogP contribution in [-0.4, -0.2) is 74.1 Å². The van der Waals surface area contributed by atoms with Crippen LogP contribution in [0.25, 0.3) is 0 Å². The summed E-state index contributed by atoms with van der Waals surface area (Å²) in [5.41, 5.74) is 1.56. The van der Waals surface area contributed by atoms with Crippen LogP contribution in [0.15, 0.2) is 29.6 Å². The molecule has 27 heavy (non-hydrogen) atoms. The zero-order valence-electron chi connectivity index (χ0n) is 15.8. The summed E-state index contributed by atoms with van der Waals surface area (Å²) in [6.45, 7) is 5.81. The fraction of sp³-hybridized carbons (Fsp3) is 0.474. The number of piperazine rings is 1. The lowest BCUT2D eigenvalue weighted by atomic mass is 10.2. The van der Waals surface area contributed by atoms with Crippen molar-refractivity contribution in [3.05, 3.63) is 46.2 Å². The molecule has 0 radical (unpaired) electrons. The second kappa shape index (κ2) is 9.25. The molecule has 0 saturated carbocycles. The van der Waals surface area contributed by atoms with Crippen molar-refractivity contribution >= 4 is 22.9 Å². The molecule has 2 heterocycles. The number of aromatic nitrogens is 1. The molecule has 1 amide bonds. The van der Waals surface area contributed by atoms with Gasteiger partial charge in [-0.2, -0.15) is 0 Å². The van der Waals surface area contributed by atoms with Gasteiger partial charge in [-0.05, 0) is 38.4 Å². The first kappa shape index (κ1) is 19.7. The Morgan fingerprint density at radius 2 is 1.93 bits per heavy atom. The van der Waals surface area contributed by atoms with Crippen LogP contribution in [0.5, 0.6) is 0 Å². The summed E-state index contributed by atoms with van der Waals surface area (Å²) in [6.07, 6.45) is 0. The van der Waals surface area contributed by atoms with E-state index in [2.05, 4.69) is 20.1 Å². The first-order chi connectivity index (χ1) is 13.0. The standard InChI is InChI=1S/C19H26FN5OS/c1-23(2)8-7-21-19(26)17-14-27-18(22-17)13-24-9-11-25(12-10-24)16-5-3-15(20)4-6-16/h3-6,14H,7-13H2,1-2H3,(H,21,26). The smallest absolute Gasteiger partial charge is 0.270 e. The monoisotopic (exact) mass is 391 g/mol. The number of likely N-dealkylation sites (N-methyl/N-ethyl adjacent to an activating group) is 1. The van der Waals surface area contributed by atoms with E-state index in [0.29, 0.717) is 12.2 Å². The Morgan fingerprint density at radius 1 is 1.22 bits per heavy atom. The number of hydrogen-bond donors (Lipinski definition) is 1. The maximum absolute atomic E-state index is 13.1. The highest BCUT2D eigenvalue weighted by atomic mass is 32.1. The molecule has 1 saturated heterocycles. The number of anilines is 1. The van der Waals surface area contributed by atoms with E-state index in [1.54, 1.807) is 0 Å². The van der Waals surface area contributed by atoms with Gasteiger partial charge in [0.05, 0.1) is 6.54 Å². The van der Waals surface area contributed by atoms with Gasteiger partial charge in [-0.15, -0.1) is 11.3 Å². The number of carbonyl (C=O) groups is 1. The minimum absolute atomic E-state index is 0.111. The number of rotatable bonds is 7. The van der Waals surface area contributed by atoms with E-state index in [0.717, 1.165) is 50.0 Å². The fourth-order valence-electron chi connectivity index (χ4n) is 2.98. The minimum atomic E-state index is -0.206. The van der Waals surface area contributed by atoms with E-state index in [1.165, 1.54) is 23.5 Å². The third kappa shape index (κ3) is 5.72. The number of hydrogen-bond acceptors (Lipinski definition) is 6. The van der Waals surface area contributed by atoms with Crippen LogP contribution in [0, 0.1) is 5.82 Å². The van der Waals surface area contributed by atoms with Gasteiger partial charge in [0.2, 0.25) is 0 Å². The highest BCUT2D eigenvalue weighted by Crippen LogP contribution is 2.19. The molecule has 1 aromatic carbocycles. The van der Waals surface area contributed by atoms with E-state index < -0.39 is 0 Å². The molecular formula is C19H26FN5OS. The molecule has 0 spiro atoms. The maximum Gasteiger partial charge on any atom is 0.270 e. The van der Waals surface area contributed by atoms with Gasteiger partial charge in [-0.3, -0.25) is 9.69 Å². The molecule has 1 aliphatic heterocycles. The zero-order valence-corrected chi connectivity index (χ0v) is 16.6. The molecule has 1 aliphatic rings. The van der Waals surface area contributed by atoms with Gasteiger partial charge >= 0.3 is 0 Å². The van der Waals surface area contributed by atoms with E-state index in [1.807, 2.05) is 36.5 Å². The molecule has 1 aromatic heterocycles. The Morgan fingerprint density at radius 3 is 2.59 bits per heavy atom. The molecule has 0 bridgehead atoms. The van der Waals surface area contributed by atoms with Gasteiger partial charge < -0.3 is 15.1 Å². The Bertz CT molecular complexity index is 741. The van der Waals surface area contributed by atoms with E-state index in [4.69, 9.17) is 0 Å². The van der Waals surface area contributed by atoms with E-state index in [9.17, 15) is 9.18 Å². The molecule has 0 atom stereocenters. The fourth-order valence-corrected chi connectivity index (χ4v) is 3.79. The summed E-state index contributed by atoms with van der Waals surface area (Å²) < 4.78 is 13.1. The molecule has 1 fully saturated rings. The second-order valence-corrected chi connectivity index (χ2v) is 7.87. The average molecular weight is 392 g/mol. The van der Waals surface area contributed by atoms with Crippen LogP contribution in [0.1, 0.15) is 15.5 Å². The van der Waals surface area contributed by atoms with Crippen molar-refractivity contribution in [2.75, 3.05) is 58.3 Å². The van der Waals surface area contributed by atoms with Crippen molar-refractivity contribution in [3.8, 4) is 0 Å². The van der Waals surface area contributed by atoms with Crippen LogP contribution in [-0.2, 0) is 6.54 Å². The van der Waals surface area contributed by atoms with Crippen LogP contribution < -0.4 is 10.2 Å². The largest absolute Gasteiger partial charge is 0.369 e. The zero-order chi connectivity index (χ0) is 19.2. The topological polar surface area (TPSA) is 51.7 Å². The molecular weight excluding hydrogens is 365 g/mol. The number of nitrogens with zero attached hydrogens (tertiary/aromatic N) is 4. The van der Waals surface area contributed by atoms with Gasteiger partial charge in [0.15, 0.2) is 0 Å². The Labute approximate surface area is 163 Å². The lowest BCUT2D eigenvalue weighted by Crippen LogP contribution is -2.45.